The summed E-state index contributed by atoms with van der Waals surface area (Å²) in [6.07, 6.45) is 3.79. The highest BCUT2D eigenvalue weighted by Crippen LogP contribution is 2.43. The number of aromatic nitrogens is 1. The molecule has 38 heavy (non-hydrogen) atoms. The van der Waals surface area contributed by atoms with Crippen molar-refractivity contribution in [3.63, 3.8) is 0 Å². The maximum atomic E-state index is 14.2. The van der Waals surface area contributed by atoms with Gasteiger partial charge in [0.1, 0.15) is 6.10 Å². The Balaban J connectivity index is 1.62. The van der Waals surface area contributed by atoms with Gasteiger partial charge in [-0.05, 0) is 50.0 Å². The molecule has 4 rings (SSSR count). The summed E-state index contributed by atoms with van der Waals surface area (Å²) in [6, 6.07) is 1.56. The molecule has 0 radical (unpaired) electrons. The van der Waals surface area contributed by atoms with Crippen molar-refractivity contribution in [2.75, 3.05) is 6.54 Å². The van der Waals surface area contributed by atoms with Gasteiger partial charge in [0.15, 0.2) is 6.10 Å². The zero-order valence-electron chi connectivity index (χ0n) is 22.6. The van der Waals surface area contributed by atoms with Crippen molar-refractivity contribution >= 4 is 29.3 Å². The first-order valence-corrected chi connectivity index (χ1v) is 13.8. The van der Waals surface area contributed by atoms with Crippen LogP contribution in [0, 0.1) is 11.3 Å². The summed E-state index contributed by atoms with van der Waals surface area (Å²) in [5.74, 6) is -1.53. The average Bonchev–Trinajstić information content (AvgIpc) is 3.51. The van der Waals surface area contributed by atoms with E-state index in [9.17, 15) is 19.5 Å². The van der Waals surface area contributed by atoms with Gasteiger partial charge in [0.2, 0.25) is 17.7 Å². The molecule has 10 nitrogen and oxygen atoms in total. The standard InChI is InChI=1S/C27H40ClN5O5/c1-26(2,3)21(29)25(37)33(27(4,15-6-5-7-15)22(34)23(35)32-17-9-10-17)24(36)19-12-18(14-30-19)38-20-11-8-16(28)13-31-20/h8,11,13,15,17-19,21-22,30,34H,5-7,9-10,12,14,29H2,1-4H3,(H,32,35)/t18-,19+,21-,22?,27+/m1/s1. The quantitative estimate of drug-likeness (QED) is 0.364. The van der Waals surface area contributed by atoms with Crippen LogP contribution in [0.1, 0.15) is 66.2 Å². The molecule has 2 heterocycles. The molecule has 2 saturated carbocycles. The van der Waals surface area contributed by atoms with Crippen LogP contribution >= 0.6 is 11.6 Å². The van der Waals surface area contributed by atoms with Gasteiger partial charge in [0.25, 0.3) is 5.91 Å². The highest BCUT2D eigenvalue weighted by Gasteiger charge is 2.57. The van der Waals surface area contributed by atoms with Gasteiger partial charge in [0, 0.05) is 31.3 Å². The number of hydrogen-bond donors (Lipinski definition) is 4. The molecule has 210 valence electrons. The van der Waals surface area contributed by atoms with Gasteiger partial charge in [0.05, 0.1) is 22.6 Å². The summed E-state index contributed by atoms with van der Waals surface area (Å²) < 4.78 is 5.93. The second-order valence-electron chi connectivity index (χ2n) is 12.1. The number of carbonyl (C=O) groups excluding carboxylic acids is 3. The van der Waals surface area contributed by atoms with Gasteiger partial charge in [-0.3, -0.25) is 19.3 Å². The van der Waals surface area contributed by atoms with Crippen molar-refractivity contribution in [2.24, 2.45) is 17.1 Å². The average molecular weight is 550 g/mol. The summed E-state index contributed by atoms with van der Waals surface area (Å²) in [6.45, 7) is 7.49. The molecule has 1 aromatic heterocycles. The van der Waals surface area contributed by atoms with Crippen LogP contribution in [-0.2, 0) is 14.4 Å². The molecule has 1 saturated heterocycles. The van der Waals surface area contributed by atoms with Gasteiger partial charge in [-0.1, -0.05) is 38.8 Å². The third kappa shape index (κ3) is 5.98. The second-order valence-corrected chi connectivity index (χ2v) is 12.6. The Hall–Kier alpha value is -2.27. The van der Waals surface area contributed by atoms with Gasteiger partial charge in [-0.15, -0.1) is 0 Å². The zero-order valence-corrected chi connectivity index (χ0v) is 23.3. The number of rotatable bonds is 9. The first-order chi connectivity index (χ1) is 17.8. The number of aliphatic hydroxyl groups is 1. The molecule has 3 aliphatic rings. The molecular weight excluding hydrogens is 510 g/mol. The topological polar surface area (TPSA) is 147 Å². The summed E-state index contributed by atoms with van der Waals surface area (Å²) in [5, 5.41) is 17.9. The lowest BCUT2D eigenvalue weighted by Crippen LogP contribution is -2.71. The summed E-state index contributed by atoms with van der Waals surface area (Å²) in [7, 11) is 0. The number of nitrogens with zero attached hydrogens (tertiary/aromatic N) is 2. The number of aliphatic hydroxyl groups excluding tert-OH is 1. The lowest BCUT2D eigenvalue weighted by Gasteiger charge is -2.52. The number of pyridine rings is 1. The Labute approximate surface area is 229 Å². The lowest BCUT2D eigenvalue weighted by atomic mass is 9.67. The number of nitrogens with one attached hydrogen (secondary N) is 2. The number of halogens is 1. The smallest absolute Gasteiger partial charge is 0.251 e. The van der Waals surface area contributed by atoms with E-state index in [0.29, 0.717) is 30.3 Å². The maximum Gasteiger partial charge on any atom is 0.251 e. The Kier molecular flexibility index (Phi) is 8.37. The van der Waals surface area contributed by atoms with E-state index in [2.05, 4.69) is 15.6 Å². The molecule has 1 aromatic rings. The molecule has 3 amide bonds. The van der Waals surface area contributed by atoms with Gasteiger partial charge < -0.3 is 26.2 Å². The monoisotopic (exact) mass is 549 g/mol. The first-order valence-electron chi connectivity index (χ1n) is 13.5. The number of hydrogen-bond acceptors (Lipinski definition) is 8. The van der Waals surface area contributed by atoms with Crippen LogP contribution in [0.3, 0.4) is 0 Å². The molecule has 0 bridgehead atoms. The van der Waals surface area contributed by atoms with Crippen molar-refractivity contribution in [3.05, 3.63) is 23.4 Å². The predicted octanol–water partition coefficient (Wildman–Crippen LogP) is 1.77. The fraction of sp³-hybridized carbons (Fsp3) is 0.704. The van der Waals surface area contributed by atoms with E-state index >= 15 is 0 Å². The third-order valence-electron chi connectivity index (χ3n) is 8.16. The van der Waals surface area contributed by atoms with Crippen molar-refractivity contribution in [3.8, 4) is 5.88 Å². The van der Waals surface area contributed by atoms with E-state index in [0.717, 1.165) is 24.2 Å². The van der Waals surface area contributed by atoms with E-state index in [-0.39, 0.29) is 24.5 Å². The van der Waals surface area contributed by atoms with Crippen LogP contribution in [0.5, 0.6) is 5.88 Å². The molecule has 1 unspecified atom stereocenters. The normalized spacial score (nSPS) is 25.0. The lowest BCUT2D eigenvalue weighted by molar-refractivity contribution is -0.171. The molecule has 11 heteroatoms. The molecule has 0 aromatic carbocycles. The Morgan fingerprint density at radius 3 is 2.42 bits per heavy atom. The molecule has 3 fully saturated rings. The highest BCUT2D eigenvalue weighted by molar-refractivity contribution is 6.30. The van der Waals surface area contributed by atoms with Crippen LogP contribution in [0.2, 0.25) is 5.02 Å². The summed E-state index contributed by atoms with van der Waals surface area (Å²) in [4.78, 5) is 46.5. The predicted molar refractivity (Wildman–Crippen MR) is 142 cm³/mol. The Morgan fingerprint density at radius 2 is 1.89 bits per heavy atom. The number of nitrogens with two attached hydrogens (primary N) is 1. The van der Waals surface area contributed by atoms with Gasteiger partial charge >= 0.3 is 0 Å². The van der Waals surface area contributed by atoms with Crippen LogP contribution < -0.4 is 21.1 Å². The summed E-state index contributed by atoms with van der Waals surface area (Å²) in [5.41, 5.74) is 4.31. The molecule has 1 aliphatic heterocycles. The van der Waals surface area contributed by atoms with Crippen molar-refractivity contribution in [1.82, 2.24) is 20.5 Å². The number of carbonyl (C=O) groups is 3. The van der Waals surface area contributed by atoms with E-state index in [1.807, 2.05) is 20.8 Å². The third-order valence-corrected chi connectivity index (χ3v) is 8.38. The van der Waals surface area contributed by atoms with Gasteiger partial charge in [-0.25, -0.2) is 4.98 Å². The highest BCUT2D eigenvalue weighted by atomic mass is 35.5. The largest absolute Gasteiger partial charge is 0.473 e. The fourth-order valence-corrected chi connectivity index (χ4v) is 5.24. The van der Waals surface area contributed by atoms with Crippen molar-refractivity contribution in [2.45, 2.75) is 102 Å². The molecule has 0 spiro atoms. The molecular formula is C27H40ClN5O5. The summed E-state index contributed by atoms with van der Waals surface area (Å²) >= 11 is 5.91. The zero-order chi connectivity index (χ0) is 27.8. The van der Waals surface area contributed by atoms with Crippen molar-refractivity contribution < 1.29 is 24.2 Å². The van der Waals surface area contributed by atoms with Crippen molar-refractivity contribution in [1.29, 1.82) is 0 Å². The minimum Gasteiger partial charge on any atom is -0.473 e. The van der Waals surface area contributed by atoms with Crippen LogP contribution in [-0.4, -0.2) is 75.1 Å². The van der Waals surface area contributed by atoms with Crippen LogP contribution in [0.4, 0.5) is 0 Å². The minimum atomic E-state index is -1.58. The maximum absolute atomic E-state index is 14.2. The fourth-order valence-electron chi connectivity index (χ4n) is 5.13. The first kappa shape index (κ1) is 28.7. The minimum absolute atomic E-state index is 0.0235. The second kappa shape index (κ2) is 11.1. The van der Waals surface area contributed by atoms with E-state index in [4.69, 9.17) is 22.1 Å². The SMILES string of the molecule is CC(C)(C)[C@H](N)C(=O)N(C(=O)[C@@H]1C[C@@H](Oc2ccc(Cl)cn2)CN1)[C@@](C)(C1CCC1)C(O)C(=O)NC1CC1. The van der Waals surface area contributed by atoms with Crippen LogP contribution in [0.15, 0.2) is 18.3 Å². The van der Waals surface area contributed by atoms with Crippen LogP contribution in [0.25, 0.3) is 0 Å². The molecule has 5 N–H and O–H groups in total. The number of amides is 3. The van der Waals surface area contributed by atoms with E-state index in [1.54, 1.807) is 19.1 Å². The number of imide groups is 1. The molecule has 5 atom stereocenters. The Morgan fingerprint density at radius 1 is 1.21 bits per heavy atom. The van der Waals surface area contributed by atoms with Gasteiger partial charge in [-0.2, -0.15) is 0 Å². The Bertz CT molecular complexity index is 1040. The van der Waals surface area contributed by atoms with E-state index in [1.165, 1.54) is 6.20 Å². The van der Waals surface area contributed by atoms with E-state index < -0.39 is 46.9 Å². The number of ether oxygens (including phenoxy) is 1. The molecule has 2 aliphatic carbocycles.